The molecule has 3 unspecified atom stereocenters. The van der Waals surface area contributed by atoms with Gasteiger partial charge in [0.25, 0.3) is 0 Å². The second kappa shape index (κ2) is 8.52. The van der Waals surface area contributed by atoms with E-state index in [-0.39, 0.29) is 6.10 Å². The largest absolute Gasteiger partial charge is 0.393 e. The SMILES string of the molecule is CCC(O)CC1CC(NCC(C)C)CN(CC#N)C1. The van der Waals surface area contributed by atoms with Gasteiger partial charge in [0.15, 0.2) is 0 Å². The third-order valence-corrected chi connectivity index (χ3v) is 3.80. The maximum Gasteiger partial charge on any atom is 0.0866 e. The van der Waals surface area contributed by atoms with Gasteiger partial charge in [-0.25, -0.2) is 0 Å². The van der Waals surface area contributed by atoms with E-state index in [2.05, 4.69) is 30.1 Å². The lowest BCUT2D eigenvalue weighted by Crippen LogP contribution is -2.50. The summed E-state index contributed by atoms with van der Waals surface area (Å²) in [7, 11) is 0. The van der Waals surface area contributed by atoms with E-state index in [4.69, 9.17) is 5.26 Å². The van der Waals surface area contributed by atoms with Crippen LogP contribution in [0.15, 0.2) is 0 Å². The maximum absolute atomic E-state index is 9.83. The molecule has 0 aliphatic carbocycles. The number of nitrogens with zero attached hydrogens (tertiary/aromatic N) is 2. The zero-order valence-electron chi connectivity index (χ0n) is 12.6. The van der Waals surface area contributed by atoms with Gasteiger partial charge in [-0.1, -0.05) is 20.8 Å². The van der Waals surface area contributed by atoms with E-state index in [1.54, 1.807) is 0 Å². The zero-order chi connectivity index (χ0) is 14.3. The van der Waals surface area contributed by atoms with Gasteiger partial charge in [0.2, 0.25) is 0 Å². The second-order valence-corrected chi connectivity index (χ2v) is 6.25. The van der Waals surface area contributed by atoms with E-state index in [9.17, 15) is 5.11 Å². The minimum Gasteiger partial charge on any atom is -0.393 e. The summed E-state index contributed by atoms with van der Waals surface area (Å²) in [6.45, 7) is 9.87. The topological polar surface area (TPSA) is 59.3 Å². The Hall–Kier alpha value is -0.630. The Morgan fingerprint density at radius 3 is 2.74 bits per heavy atom. The van der Waals surface area contributed by atoms with E-state index in [0.29, 0.717) is 24.4 Å². The molecule has 0 amide bonds. The predicted molar refractivity (Wildman–Crippen MR) is 77.7 cm³/mol. The molecule has 1 aliphatic heterocycles. The minimum absolute atomic E-state index is 0.196. The van der Waals surface area contributed by atoms with Crippen LogP contribution < -0.4 is 5.32 Å². The van der Waals surface area contributed by atoms with Crippen molar-refractivity contribution in [2.45, 2.75) is 52.2 Å². The van der Waals surface area contributed by atoms with Crippen LogP contribution in [0.3, 0.4) is 0 Å². The number of piperidine rings is 1. The number of hydrogen-bond donors (Lipinski definition) is 2. The molecule has 0 aromatic heterocycles. The molecule has 1 fully saturated rings. The average Bonchev–Trinajstić information content (AvgIpc) is 2.36. The van der Waals surface area contributed by atoms with Crippen LogP contribution in [-0.4, -0.2) is 48.3 Å². The van der Waals surface area contributed by atoms with Gasteiger partial charge in [0.1, 0.15) is 0 Å². The molecular weight excluding hydrogens is 238 g/mol. The molecule has 1 rings (SSSR count). The third-order valence-electron chi connectivity index (χ3n) is 3.80. The maximum atomic E-state index is 9.83. The molecule has 3 atom stereocenters. The van der Waals surface area contributed by atoms with Crippen LogP contribution in [0.25, 0.3) is 0 Å². The molecule has 0 aromatic carbocycles. The normalized spacial score (nSPS) is 26.3. The van der Waals surface area contributed by atoms with Crippen molar-refractivity contribution in [1.82, 2.24) is 10.2 Å². The van der Waals surface area contributed by atoms with Crippen molar-refractivity contribution in [2.24, 2.45) is 11.8 Å². The van der Waals surface area contributed by atoms with Crippen molar-refractivity contribution in [3.05, 3.63) is 0 Å². The summed E-state index contributed by atoms with van der Waals surface area (Å²) in [5.74, 6) is 1.15. The summed E-state index contributed by atoms with van der Waals surface area (Å²) in [6, 6.07) is 2.70. The summed E-state index contributed by atoms with van der Waals surface area (Å²) in [5, 5.41) is 22.3. The Labute approximate surface area is 117 Å². The molecule has 0 spiro atoms. The summed E-state index contributed by atoms with van der Waals surface area (Å²) in [6.07, 6.45) is 2.60. The first-order chi connectivity index (χ1) is 9.05. The van der Waals surface area contributed by atoms with Crippen molar-refractivity contribution >= 4 is 0 Å². The second-order valence-electron chi connectivity index (χ2n) is 6.25. The van der Waals surface area contributed by atoms with Crippen molar-refractivity contribution in [3.8, 4) is 6.07 Å². The van der Waals surface area contributed by atoms with Crippen molar-refractivity contribution in [1.29, 1.82) is 5.26 Å². The molecular formula is C15H29N3O. The number of likely N-dealkylation sites (tertiary alicyclic amines) is 1. The lowest BCUT2D eigenvalue weighted by atomic mass is 9.88. The van der Waals surface area contributed by atoms with E-state index >= 15 is 0 Å². The highest BCUT2D eigenvalue weighted by molar-refractivity contribution is 4.88. The summed E-state index contributed by atoms with van der Waals surface area (Å²) in [4.78, 5) is 2.22. The lowest BCUT2D eigenvalue weighted by molar-refractivity contribution is 0.0890. The van der Waals surface area contributed by atoms with Crippen LogP contribution in [0.5, 0.6) is 0 Å². The molecule has 1 saturated heterocycles. The monoisotopic (exact) mass is 267 g/mol. The molecule has 0 bridgehead atoms. The van der Waals surface area contributed by atoms with Gasteiger partial charge in [-0.3, -0.25) is 4.90 Å². The average molecular weight is 267 g/mol. The Bertz CT molecular complexity index is 288. The van der Waals surface area contributed by atoms with Gasteiger partial charge < -0.3 is 10.4 Å². The predicted octanol–water partition coefficient (Wildman–Crippen LogP) is 1.61. The van der Waals surface area contributed by atoms with Crippen LogP contribution in [0.4, 0.5) is 0 Å². The third kappa shape index (κ3) is 6.38. The number of aliphatic hydroxyl groups excluding tert-OH is 1. The Morgan fingerprint density at radius 1 is 1.42 bits per heavy atom. The number of aliphatic hydroxyl groups is 1. The molecule has 1 heterocycles. The van der Waals surface area contributed by atoms with Gasteiger partial charge in [-0.05, 0) is 37.6 Å². The minimum atomic E-state index is -0.196. The fraction of sp³-hybridized carbons (Fsp3) is 0.933. The highest BCUT2D eigenvalue weighted by atomic mass is 16.3. The first-order valence-corrected chi connectivity index (χ1v) is 7.55. The molecule has 110 valence electrons. The Balaban J connectivity index is 2.50. The Kier molecular flexibility index (Phi) is 7.37. The van der Waals surface area contributed by atoms with Crippen molar-refractivity contribution < 1.29 is 5.11 Å². The number of nitrogens with one attached hydrogen (secondary N) is 1. The van der Waals surface area contributed by atoms with Gasteiger partial charge in [-0.15, -0.1) is 0 Å². The van der Waals surface area contributed by atoms with E-state index in [0.717, 1.165) is 38.9 Å². The Morgan fingerprint density at radius 2 is 2.16 bits per heavy atom. The van der Waals surface area contributed by atoms with E-state index in [1.165, 1.54) is 0 Å². The first-order valence-electron chi connectivity index (χ1n) is 7.55. The van der Waals surface area contributed by atoms with Crippen LogP contribution >= 0.6 is 0 Å². The van der Waals surface area contributed by atoms with E-state index < -0.39 is 0 Å². The molecule has 0 radical (unpaired) electrons. The van der Waals surface area contributed by atoms with Gasteiger partial charge >= 0.3 is 0 Å². The molecule has 1 aliphatic rings. The van der Waals surface area contributed by atoms with Crippen LogP contribution in [-0.2, 0) is 0 Å². The van der Waals surface area contributed by atoms with Gasteiger partial charge in [0, 0.05) is 19.1 Å². The molecule has 0 aromatic rings. The molecule has 0 saturated carbocycles. The summed E-state index contributed by atoms with van der Waals surface area (Å²) >= 11 is 0. The zero-order valence-corrected chi connectivity index (χ0v) is 12.6. The lowest BCUT2D eigenvalue weighted by Gasteiger charge is -2.38. The van der Waals surface area contributed by atoms with Crippen molar-refractivity contribution in [3.63, 3.8) is 0 Å². The van der Waals surface area contributed by atoms with Gasteiger partial charge in [0.05, 0.1) is 18.7 Å². The van der Waals surface area contributed by atoms with Crippen LogP contribution in [0.1, 0.15) is 40.0 Å². The smallest absolute Gasteiger partial charge is 0.0866 e. The number of hydrogen-bond acceptors (Lipinski definition) is 4. The summed E-state index contributed by atoms with van der Waals surface area (Å²) < 4.78 is 0. The first kappa shape index (κ1) is 16.4. The summed E-state index contributed by atoms with van der Waals surface area (Å²) in [5.41, 5.74) is 0. The fourth-order valence-corrected chi connectivity index (χ4v) is 2.80. The number of nitriles is 1. The molecule has 4 nitrogen and oxygen atoms in total. The van der Waals surface area contributed by atoms with Crippen LogP contribution in [0, 0.1) is 23.2 Å². The number of rotatable bonds is 7. The van der Waals surface area contributed by atoms with E-state index in [1.807, 2.05) is 6.92 Å². The molecule has 19 heavy (non-hydrogen) atoms. The highest BCUT2D eigenvalue weighted by Crippen LogP contribution is 2.22. The standard InChI is InChI=1S/C15H29N3O/c1-4-15(19)8-13-7-14(17-9-12(2)3)11-18(10-13)6-5-16/h12-15,17,19H,4,6-11H2,1-3H3. The van der Waals surface area contributed by atoms with Crippen LogP contribution in [0.2, 0.25) is 0 Å². The molecule has 4 heteroatoms. The van der Waals surface area contributed by atoms with Crippen molar-refractivity contribution in [2.75, 3.05) is 26.2 Å². The van der Waals surface area contributed by atoms with Gasteiger partial charge in [-0.2, -0.15) is 5.26 Å². The molecule has 2 N–H and O–H groups in total. The fourth-order valence-electron chi connectivity index (χ4n) is 2.80. The highest BCUT2D eigenvalue weighted by Gasteiger charge is 2.27. The quantitative estimate of drug-likeness (QED) is 0.688.